The van der Waals surface area contributed by atoms with E-state index in [2.05, 4.69) is 5.92 Å². The fraction of sp³-hybridized carbons (Fsp3) is 0.267. The SMILES string of the molecule is C#CCC(C)(/C=C/c1ccccc1)OC(C)=O. The molecule has 0 aliphatic heterocycles. The zero-order valence-corrected chi connectivity index (χ0v) is 10.1. The Kier molecular flexibility index (Phi) is 4.54. The Morgan fingerprint density at radius 1 is 1.47 bits per heavy atom. The maximum absolute atomic E-state index is 11.0. The van der Waals surface area contributed by atoms with Gasteiger partial charge in [-0.05, 0) is 18.6 Å². The lowest BCUT2D eigenvalue weighted by molar-refractivity contribution is -0.150. The highest BCUT2D eigenvalue weighted by Gasteiger charge is 2.22. The topological polar surface area (TPSA) is 26.3 Å². The lowest BCUT2D eigenvalue weighted by atomic mass is 10.0. The molecule has 0 aromatic heterocycles. The Morgan fingerprint density at radius 3 is 2.65 bits per heavy atom. The van der Waals surface area contributed by atoms with Crippen molar-refractivity contribution in [1.29, 1.82) is 0 Å². The van der Waals surface area contributed by atoms with Crippen LogP contribution in [-0.4, -0.2) is 11.6 Å². The van der Waals surface area contributed by atoms with Gasteiger partial charge in [0.15, 0.2) is 0 Å². The number of hydrogen-bond acceptors (Lipinski definition) is 2. The molecule has 2 nitrogen and oxygen atoms in total. The van der Waals surface area contributed by atoms with E-state index in [-0.39, 0.29) is 5.97 Å². The number of rotatable bonds is 4. The molecule has 0 saturated carbocycles. The van der Waals surface area contributed by atoms with E-state index >= 15 is 0 Å². The van der Waals surface area contributed by atoms with Crippen LogP contribution in [-0.2, 0) is 9.53 Å². The Hall–Kier alpha value is -2.01. The molecule has 1 aromatic rings. The van der Waals surface area contributed by atoms with Gasteiger partial charge in [-0.25, -0.2) is 0 Å². The molecule has 0 N–H and O–H groups in total. The van der Waals surface area contributed by atoms with Crippen molar-refractivity contribution >= 4 is 12.0 Å². The summed E-state index contributed by atoms with van der Waals surface area (Å²) in [6, 6.07) is 9.79. The van der Waals surface area contributed by atoms with Gasteiger partial charge in [-0.15, -0.1) is 12.3 Å². The second-order valence-electron chi connectivity index (χ2n) is 4.03. The van der Waals surface area contributed by atoms with Crippen molar-refractivity contribution in [3.8, 4) is 12.3 Å². The molecular formula is C15H16O2. The molecular weight excluding hydrogens is 212 g/mol. The zero-order valence-electron chi connectivity index (χ0n) is 10.1. The third-order valence-corrected chi connectivity index (χ3v) is 2.26. The normalized spacial score (nSPS) is 13.9. The molecule has 1 aromatic carbocycles. The van der Waals surface area contributed by atoms with Crippen molar-refractivity contribution < 1.29 is 9.53 Å². The first-order valence-corrected chi connectivity index (χ1v) is 5.43. The van der Waals surface area contributed by atoms with Gasteiger partial charge in [0.05, 0.1) is 6.42 Å². The van der Waals surface area contributed by atoms with Gasteiger partial charge in [0.2, 0.25) is 0 Å². The quantitative estimate of drug-likeness (QED) is 0.585. The van der Waals surface area contributed by atoms with E-state index in [1.165, 1.54) is 6.92 Å². The molecule has 0 amide bonds. The van der Waals surface area contributed by atoms with Gasteiger partial charge in [0, 0.05) is 6.92 Å². The first-order chi connectivity index (χ1) is 8.06. The van der Waals surface area contributed by atoms with Gasteiger partial charge < -0.3 is 4.74 Å². The third kappa shape index (κ3) is 4.56. The van der Waals surface area contributed by atoms with Gasteiger partial charge in [0.1, 0.15) is 5.60 Å². The van der Waals surface area contributed by atoms with E-state index < -0.39 is 5.60 Å². The minimum atomic E-state index is -0.740. The van der Waals surface area contributed by atoms with E-state index in [9.17, 15) is 4.79 Å². The highest BCUT2D eigenvalue weighted by Crippen LogP contribution is 2.19. The van der Waals surface area contributed by atoms with Crippen molar-refractivity contribution in [3.05, 3.63) is 42.0 Å². The first-order valence-electron chi connectivity index (χ1n) is 5.43. The third-order valence-electron chi connectivity index (χ3n) is 2.26. The van der Waals surface area contributed by atoms with Crippen molar-refractivity contribution in [1.82, 2.24) is 0 Å². The van der Waals surface area contributed by atoms with E-state index in [1.807, 2.05) is 42.5 Å². The lowest BCUT2D eigenvalue weighted by Crippen LogP contribution is -2.27. The number of carbonyl (C=O) groups is 1. The molecule has 0 aliphatic rings. The van der Waals surface area contributed by atoms with E-state index in [0.29, 0.717) is 6.42 Å². The summed E-state index contributed by atoms with van der Waals surface area (Å²) >= 11 is 0. The monoisotopic (exact) mass is 228 g/mol. The van der Waals surface area contributed by atoms with Gasteiger partial charge >= 0.3 is 5.97 Å². The summed E-state index contributed by atoms with van der Waals surface area (Å²) in [5.74, 6) is 2.19. The van der Waals surface area contributed by atoms with Crippen molar-refractivity contribution in [2.75, 3.05) is 0 Å². The molecule has 17 heavy (non-hydrogen) atoms. The molecule has 2 heteroatoms. The zero-order chi connectivity index (χ0) is 12.7. The fourth-order valence-corrected chi connectivity index (χ4v) is 1.50. The molecule has 0 saturated heterocycles. The molecule has 0 heterocycles. The maximum Gasteiger partial charge on any atom is 0.303 e. The standard InChI is InChI=1S/C15H16O2/c1-4-11-15(3,17-13(2)16)12-10-14-8-6-5-7-9-14/h1,5-10,12H,11H2,2-3H3/b12-10+. The van der Waals surface area contributed by atoms with Crippen LogP contribution < -0.4 is 0 Å². The number of ether oxygens (including phenoxy) is 1. The van der Waals surface area contributed by atoms with Crippen molar-refractivity contribution in [3.63, 3.8) is 0 Å². The molecule has 0 fully saturated rings. The smallest absolute Gasteiger partial charge is 0.303 e. The number of terminal acetylenes is 1. The van der Waals surface area contributed by atoms with Gasteiger partial charge in [-0.2, -0.15) is 0 Å². The second kappa shape index (κ2) is 5.91. The van der Waals surface area contributed by atoms with Crippen LogP contribution >= 0.6 is 0 Å². The fourth-order valence-electron chi connectivity index (χ4n) is 1.50. The summed E-state index contributed by atoms with van der Waals surface area (Å²) in [5.41, 5.74) is 0.305. The molecule has 0 aliphatic carbocycles. The Balaban J connectivity index is 2.83. The van der Waals surface area contributed by atoms with Crippen LogP contribution in [0.3, 0.4) is 0 Å². The van der Waals surface area contributed by atoms with Gasteiger partial charge in [0.25, 0.3) is 0 Å². The summed E-state index contributed by atoms with van der Waals surface area (Å²) in [4.78, 5) is 11.0. The summed E-state index contributed by atoms with van der Waals surface area (Å²) < 4.78 is 5.23. The number of benzene rings is 1. The average molecular weight is 228 g/mol. The van der Waals surface area contributed by atoms with E-state index in [0.717, 1.165) is 5.56 Å². The highest BCUT2D eigenvalue weighted by atomic mass is 16.6. The number of hydrogen-bond donors (Lipinski definition) is 0. The summed E-state index contributed by atoms with van der Waals surface area (Å²) in [5, 5.41) is 0. The lowest BCUT2D eigenvalue weighted by Gasteiger charge is -2.23. The summed E-state index contributed by atoms with van der Waals surface area (Å²) in [6.07, 6.45) is 9.37. The molecule has 0 radical (unpaired) electrons. The van der Waals surface area contributed by atoms with Crippen LogP contribution in [0.2, 0.25) is 0 Å². The largest absolute Gasteiger partial charge is 0.454 e. The number of carbonyl (C=O) groups excluding carboxylic acids is 1. The molecule has 1 rings (SSSR count). The van der Waals surface area contributed by atoms with Crippen LogP contribution in [0.4, 0.5) is 0 Å². The molecule has 88 valence electrons. The number of esters is 1. The molecule has 1 atom stereocenters. The molecule has 0 spiro atoms. The molecule has 0 bridgehead atoms. The Bertz CT molecular complexity index is 440. The molecule has 1 unspecified atom stereocenters. The highest BCUT2D eigenvalue weighted by molar-refractivity contribution is 5.67. The predicted octanol–water partition coefficient (Wildman–Crippen LogP) is 3.04. The summed E-state index contributed by atoms with van der Waals surface area (Å²) in [6.45, 7) is 3.18. The van der Waals surface area contributed by atoms with Gasteiger partial charge in [-0.1, -0.05) is 36.4 Å². The van der Waals surface area contributed by atoms with Crippen molar-refractivity contribution in [2.24, 2.45) is 0 Å². The Morgan fingerprint density at radius 2 is 2.12 bits per heavy atom. The minimum Gasteiger partial charge on any atom is -0.454 e. The van der Waals surface area contributed by atoms with Crippen LogP contribution in [0, 0.1) is 12.3 Å². The Labute approximate surface area is 102 Å². The van der Waals surface area contributed by atoms with E-state index in [1.54, 1.807) is 6.92 Å². The van der Waals surface area contributed by atoms with E-state index in [4.69, 9.17) is 11.2 Å². The minimum absolute atomic E-state index is 0.333. The van der Waals surface area contributed by atoms with Crippen LogP contribution in [0.5, 0.6) is 0 Å². The van der Waals surface area contributed by atoms with Crippen LogP contribution in [0.1, 0.15) is 25.8 Å². The van der Waals surface area contributed by atoms with Crippen molar-refractivity contribution in [2.45, 2.75) is 25.9 Å². The van der Waals surface area contributed by atoms with Gasteiger partial charge in [-0.3, -0.25) is 4.79 Å². The second-order valence-corrected chi connectivity index (χ2v) is 4.03. The average Bonchev–Trinajstić information content (AvgIpc) is 2.27. The summed E-state index contributed by atoms with van der Waals surface area (Å²) in [7, 11) is 0. The predicted molar refractivity (Wildman–Crippen MR) is 69.1 cm³/mol. The first kappa shape index (κ1) is 13.1. The maximum atomic E-state index is 11.0. The van der Waals surface area contributed by atoms with Crippen LogP contribution in [0.25, 0.3) is 6.08 Å². The van der Waals surface area contributed by atoms with Crippen LogP contribution in [0.15, 0.2) is 36.4 Å².